The highest BCUT2D eigenvalue weighted by Crippen LogP contribution is 2.30. The van der Waals surface area contributed by atoms with Gasteiger partial charge in [-0.25, -0.2) is 0 Å². The summed E-state index contributed by atoms with van der Waals surface area (Å²) < 4.78 is 0.958. The van der Waals surface area contributed by atoms with Crippen LogP contribution < -0.4 is 11.1 Å². The molecule has 0 aliphatic rings. The van der Waals surface area contributed by atoms with E-state index >= 15 is 0 Å². The van der Waals surface area contributed by atoms with Crippen molar-refractivity contribution in [2.24, 2.45) is 11.7 Å². The number of hydrogen-bond acceptors (Lipinski definition) is 2. The van der Waals surface area contributed by atoms with Crippen LogP contribution in [0.4, 0.5) is 0 Å². The monoisotopic (exact) mass is 391 g/mol. The predicted molar refractivity (Wildman–Crippen MR) is 97.7 cm³/mol. The molecule has 128 valence electrons. The number of rotatable bonds is 6. The largest absolute Gasteiger partial charge is 0.366 e. The van der Waals surface area contributed by atoms with E-state index in [1.807, 2.05) is 31.2 Å². The van der Waals surface area contributed by atoms with Crippen molar-refractivity contribution in [2.75, 3.05) is 0 Å². The average Bonchev–Trinajstić information content (AvgIpc) is 2.96. The van der Waals surface area contributed by atoms with Gasteiger partial charge >= 0.3 is 0 Å². The van der Waals surface area contributed by atoms with Crippen LogP contribution in [0.3, 0.4) is 0 Å². The summed E-state index contributed by atoms with van der Waals surface area (Å²) in [5.41, 5.74) is 6.31. The molecule has 2 amide bonds. The van der Waals surface area contributed by atoms with E-state index in [9.17, 15) is 9.59 Å². The molecule has 1 heterocycles. The summed E-state index contributed by atoms with van der Waals surface area (Å²) in [6.07, 6.45) is 2.22. The number of nitrogens with two attached hydrogens (primary N) is 1. The molecular formula is C18H22BrN3O2. The Morgan fingerprint density at radius 2 is 2.04 bits per heavy atom. The van der Waals surface area contributed by atoms with Gasteiger partial charge in [-0.05, 0) is 43.0 Å². The minimum absolute atomic E-state index is 0.273. The standard InChI is InChI=1S/C18H22BrN3O2/c1-11(2)9-18(3,13-5-4-6-14(19)8-13)22-17(24)15-7-12(10-21-15)16(20)23/h4-8,10-11,21H,9H2,1-3H3,(H2,20,23)(H,22,24)/t18-/m1/s1. The number of H-pyrrole nitrogens is 1. The SMILES string of the molecule is CC(C)C[C@@](C)(NC(=O)c1cc(C(N)=O)c[nH]1)c1cccc(Br)c1. The molecule has 5 nitrogen and oxygen atoms in total. The van der Waals surface area contributed by atoms with E-state index in [2.05, 4.69) is 40.1 Å². The number of aromatic amines is 1. The number of amides is 2. The van der Waals surface area contributed by atoms with Gasteiger partial charge in [-0.2, -0.15) is 0 Å². The Hall–Kier alpha value is -2.08. The number of primary amides is 1. The number of aromatic nitrogens is 1. The molecule has 0 saturated heterocycles. The first-order valence-corrected chi connectivity index (χ1v) is 8.57. The molecule has 0 aliphatic heterocycles. The lowest BCUT2D eigenvalue weighted by molar-refractivity contribution is 0.0888. The number of halogens is 1. The Morgan fingerprint density at radius 1 is 1.33 bits per heavy atom. The van der Waals surface area contributed by atoms with Crippen molar-refractivity contribution in [2.45, 2.75) is 32.7 Å². The summed E-state index contributed by atoms with van der Waals surface area (Å²) >= 11 is 3.48. The molecule has 1 aromatic heterocycles. The first-order chi connectivity index (χ1) is 11.2. The molecule has 0 saturated carbocycles. The van der Waals surface area contributed by atoms with Crippen LogP contribution in [0.5, 0.6) is 0 Å². The maximum absolute atomic E-state index is 12.6. The summed E-state index contributed by atoms with van der Waals surface area (Å²) in [6.45, 7) is 6.23. The zero-order valence-corrected chi connectivity index (χ0v) is 15.6. The lowest BCUT2D eigenvalue weighted by atomic mass is 9.84. The van der Waals surface area contributed by atoms with E-state index in [-0.39, 0.29) is 11.5 Å². The molecule has 0 spiro atoms. The van der Waals surface area contributed by atoms with Gasteiger partial charge in [-0.15, -0.1) is 0 Å². The predicted octanol–water partition coefficient (Wildman–Crippen LogP) is 3.57. The Kier molecular flexibility index (Phi) is 5.49. The average molecular weight is 392 g/mol. The van der Waals surface area contributed by atoms with Crippen LogP contribution in [0.2, 0.25) is 0 Å². The molecule has 0 bridgehead atoms. The minimum Gasteiger partial charge on any atom is -0.366 e. The third-order valence-corrected chi connectivity index (χ3v) is 4.37. The van der Waals surface area contributed by atoms with Crippen LogP contribution in [0.15, 0.2) is 41.0 Å². The second-order valence-electron chi connectivity index (χ2n) is 6.56. The van der Waals surface area contributed by atoms with Crippen LogP contribution in [0.25, 0.3) is 0 Å². The Labute approximate surface area is 150 Å². The van der Waals surface area contributed by atoms with Crippen molar-refractivity contribution in [1.82, 2.24) is 10.3 Å². The Morgan fingerprint density at radius 3 is 2.58 bits per heavy atom. The van der Waals surface area contributed by atoms with Gasteiger partial charge in [0.25, 0.3) is 5.91 Å². The summed E-state index contributed by atoms with van der Waals surface area (Å²) in [4.78, 5) is 26.6. The Balaban J connectivity index is 2.30. The summed E-state index contributed by atoms with van der Waals surface area (Å²) in [5, 5.41) is 3.09. The molecule has 2 rings (SSSR count). The normalized spacial score (nSPS) is 13.5. The van der Waals surface area contributed by atoms with Gasteiger partial charge in [0.05, 0.1) is 11.1 Å². The molecule has 24 heavy (non-hydrogen) atoms. The molecule has 2 aromatic rings. The highest BCUT2D eigenvalue weighted by molar-refractivity contribution is 9.10. The third kappa shape index (κ3) is 4.26. The molecule has 0 aliphatic carbocycles. The quantitative estimate of drug-likeness (QED) is 0.702. The molecule has 0 unspecified atom stereocenters. The van der Waals surface area contributed by atoms with E-state index in [1.54, 1.807) is 0 Å². The number of benzene rings is 1. The van der Waals surface area contributed by atoms with E-state index in [0.29, 0.717) is 11.6 Å². The smallest absolute Gasteiger partial charge is 0.268 e. The molecule has 1 aromatic carbocycles. The first kappa shape index (κ1) is 18.3. The minimum atomic E-state index is -0.567. The van der Waals surface area contributed by atoms with E-state index in [0.717, 1.165) is 16.5 Å². The van der Waals surface area contributed by atoms with Crippen LogP contribution in [-0.4, -0.2) is 16.8 Å². The van der Waals surface area contributed by atoms with Gasteiger partial charge in [0.15, 0.2) is 0 Å². The van der Waals surface area contributed by atoms with Crippen LogP contribution in [-0.2, 0) is 5.54 Å². The highest BCUT2D eigenvalue weighted by Gasteiger charge is 2.30. The van der Waals surface area contributed by atoms with Crippen molar-refractivity contribution in [3.63, 3.8) is 0 Å². The second kappa shape index (κ2) is 7.21. The molecule has 6 heteroatoms. The summed E-state index contributed by atoms with van der Waals surface area (Å²) in [5.74, 6) is -0.452. The molecule has 0 fully saturated rings. The van der Waals surface area contributed by atoms with E-state index in [4.69, 9.17) is 5.73 Å². The fourth-order valence-electron chi connectivity index (χ4n) is 2.87. The molecule has 0 radical (unpaired) electrons. The van der Waals surface area contributed by atoms with Gasteiger partial charge in [-0.1, -0.05) is 41.9 Å². The van der Waals surface area contributed by atoms with Crippen molar-refractivity contribution in [3.05, 3.63) is 57.8 Å². The molecular weight excluding hydrogens is 370 g/mol. The van der Waals surface area contributed by atoms with E-state index < -0.39 is 11.4 Å². The number of carbonyl (C=O) groups excluding carboxylic acids is 2. The topological polar surface area (TPSA) is 88.0 Å². The van der Waals surface area contributed by atoms with Crippen molar-refractivity contribution in [1.29, 1.82) is 0 Å². The second-order valence-corrected chi connectivity index (χ2v) is 7.48. The summed E-state index contributed by atoms with van der Waals surface area (Å²) in [7, 11) is 0. The molecule has 4 N–H and O–H groups in total. The molecule has 1 atom stereocenters. The zero-order valence-electron chi connectivity index (χ0n) is 14.0. The van der Waals surface area contributed by atoms with Gasteiger partial charge in [0.2, 0.25) is 5.91 Å². The highest BCUT2D eigenvalue weighted by atomic mass is 79.9. The van der Waals surface area contributed by atoms with Crippen LogP contribution >= 0.6 is 15.9 Å². The maximum Gasteiger partial charge on any atom is 0.268 e. The first-order valence-electron chi connectivity index (χ1n) is 7.78. The van der Waals surface area contributed by atoms with Crippen molar-refractivity contribution < 1.29 is 9.59 Å². The fourth-order valence-corrected chi connectivity index (χ4v) is 3.27. The van der Waals surface area contributed by atoms with Crippen LogP contribution in [0, 0.1) is 5.92 Å². The third-order valence-electron chi connectivity index (χ3n) is 3.88. The Bertz CT molecular complexity index is 754. The summed E-state index contributed by atoms with van der Waals surface area (Å²) in [6, 6.07) is 9.37. The maximum atomic E-state index is 12.6. The van der Waals surface area contributed by atoms with Crippen molar-refractivity contribution >= 4 is 27.7 Å². The van der Waals surface area contributed by atoms with E-state index in [1.165, 1.54) is 12.3 Å². The zero-order chi connectivity index (χ0) is 17.9. The lowest BCUT2D eigenvalue weighted by Gasteiger charge is -2.33. The van der Waals surface area contributed by atoms with Gasteiger partial charge in [0, 0.05) is 10.7 Å². The fraction of sp³-hybridized carbons (Fsp3) is 0.333. The van der Waals surface area contributed by atoms with Gasteiger partial charge in [0.1, 0.15) is 5.69 Å². The van der Waals surface area contributed by atoms with Gasteiger partial charge in [-0.3, -0.25) is 9.59 Å². The lowest BCUT2D eigenvalue weighted by Crippen LogP contribution is -2.44. The number of carbonyl (C=O) groups is 2. The van der Waals surface area contributed by atoms with Crippen molar-refractivity contribution in [3.8, 4) is 0 Å². The van der Waals surface area contributed by atoms with Crippen LogP contribution in [0.1, 0.15) is 53.6 Å². The van der Waals surface area contributed by atoms with Gasteiger partial charge < -0.3 is 16.0 Å². The number of hydrogen-bond donors (Lipinski definition) is 3. The number of nitrogens with one attached hydrogen (secondary N) is 2.